The van der Waals surface area contributed by atoms with Crippen LogP contribution in [0.2, 0.25) is 0 Å². The number of guanidine groups is 1. The molecule has 0 amide bonds. The lowest BCUT2D eigenvalue weighted by Crippen LogP contribution is -2.45. The molecule has 0 bridgehead atoms. The van der Waals surface area contributed by atoms with E-state index in [1.54, 1.807) is 0 Å². The number of rotatable bonds is 6. The van der Waals surface area contributed by atoms with E-state index in [4.69, 9.17) is 0 Å². The van der Waals surface area contributed by atoms with Crippen LogP contribution < -0.4 is 10.6 Å². The molecule has 1 saturated carbocycles. The summed E-state index contributed by atoms with van der Waals surface area (Å²) in [6.07, 6.45) is 9.69. The van der Waals surface area contributed by atoms with E-state index in [-0.39, 0.29) is 6.10 Å². The number of nitrogens with one attached hydrogen (secondary N) is 2. The summed E-state index contributed by atoms with van der Waals surface area (Å²) in [7, 11) is 1.94. The van der Waals surface area contributed by atoms with E-state index in [2.05, 4.69) is 33.8 Å². The van der Waals surface area contributed by atoms with Gasteiger partial charge in [0.1, 0.15) is 0 Å². The Morgan fingerprint density at radius 1 is 1.41 bits per heavy atom. The van der Waals surface area contributed by atoms with Gasteiger partial charge in [-0.2, -0.15) is 5.10 Å². The van der Waals surface area contributed by atoms with Crippen molar-refractivity contribution in [1.29, 1.82) is 0 Å². The number of hydrogen-bond donors (Lipinski definition) is 3. The number of aliphatic imine (C=N–C) groups is 1. The first-order valence-electron chi connectivity index (χ1n) is 8.37. The molecule has 1 aliphatic carbocycles. The second-order valence-corrected chi connectivity index (χ2v) is 6.04. The van der Waals surface area contributed by atoms with Gasteiger partial charge in [0.2, 0.25) is 0 Å². The topological polar surface area (TPSA) is 74.5 Å². The van der Waals surface area contributed by atoms with Crippen LogP contribution in [0.5, 0.6) is 0 Å². The molecule has 0 unspecified atom stereocenters. The van der Waals surface area contributed by atoms with E-state index in [1.807, 2.05) is 17.9 Å². The molecule has 1 heterocycles. The molecule has 1 aliphatic rings. The fourth-order valence-electron chi connectivity index (χ4n) is 2.81. The molecule has 0 saturated heterocycles. The van der Waals surface area contributed by atoms with Crippen LogP contribution in [-0.2, 0) is 13.5 Å². The van der Waals surface area contributed by atoms with Gasteiger partial charge in [0, 0.05) is 32.4 Å². The monoisotopic (exact) mass is 307 g/mol. The van der Waals surface area contributed by atoms with Gasteiger partial charge >= 0.3 is 0 Å². The van der Waals surface area contributed by atoms with Crippen LogP contribution in [0.25, 0.3) is 0 Å². The molecular weight excluding hydrogens is 278 g/mol. The van der Waals surface area contributed by atoms with Crippen molar-refractivity contribution in [3.05, 3.63) is 18.0 Å². The number of aromatic nitrogens is 2. The molecule has 6 heteroatoms. The molecule has 0 aromatic carbocycles. The second-order valence-electron chi connectivity index (χ2n) is 6.04. The van der Waals surface area contributed by atoms with Crippen molar-refractivity contribution in [2.24, 2.45) is 12.0 Å². The van der Waals surface area contributed by atoms with Crippen LogP contribution in [-0.4, -0.2) is 46.1 Å². The van der Waals surface area contributed by atoms with Crippen molar-refractivity contribution in [3.63, 3.8) is 0 Å². The van der Waals surface area contributed by atoms with Crippen molar-refractivity contribution in [3.8, 4) is 0 Å². The summed E-state index contributed by atoms with van der Waals surface area (Å²) >= 11 is 0. The molecule has 1 fully saturated rings. The molecule has 0 aliphatic heterocycles. The van der Waals surface area contributed by atoms with Gasteiger partial charge in [-0.1, -0.05) is 0 Å². The zero-order chi connectivity index (χ0) is 15.8. The Kier molecular flexibility index (Phi) is 6.71. The maximum atomic E-state index is 9.57. The quantitative estimate of drug-likeness (QED) is 0.419. The van der Waals surface area contributed by atoms with Gasteiger partial charge < -0.3 is 15.7 Å². The smallest absolute Gasteiger partial charge is 0.191 e. The van der Waals surface area contributed by atoms with Gasteiger partial charge in [-0.25, -0.2) is 0 Å². The maximum Gasteiger partial charge on any atom is 0.191 e. The fraction of sp³-hybridized carbons (Fsp3) is 0.750. The Labute approximate surface area is 133 Å². The molecule has 1 aromatic heterocycles. The molecule has 124 valence electrons. The van der Waals surface area contributed by atoms with E-state index in [0.29, 0.717) is 6.04 Å². The summed E-state index contributed by atoms with van der Waals surface area (Å²) in [6.45, 7) is 3.75. The molecule has 2 rings (SSSR count). The number of nitrogens with zero attached hydrogens (tertiary/aromatic N) is 3. The number of aliphatic hydroxyl groups excluding tert-OH is 1. The molecule has 22 heavy (non-hydrogen) atoms. The molecule has 0 atom stereocenters. The summed E-state index contributed by atoms with van der Waals surface area (Å²) in [4.78, 5) is 4.65. The highest BCUT2D eigenvalue weighted by Gasteiger charge is 2.19. The number of aryl methyl sites for hydroxylation is 2. The van der Waals surface area contributed by atoms with E-state index in [0.717, 1.165) is 57.6 Å². The number of hydrogen-bond acceptors (Lipinski definition) is 3. The average Bonchev–Trinajstić information content (AvgIpc) is 2.91. The van der Waals surface area contributed by atoms with Gasteiger partial charge in [0.15, 0.2) is 5.96 Å². The zero-order valence-electron chi connectivity index (χ0n) is 13.8. The lowest BCUT2D eigenvalue weighted by atomic mass is 9.93. The first-order chi connectivity index (χ1) is 10.7. The molecule has 0 spiro atoms. The minimum atomic E-state index is -0.114. The number of aliphatic hydroxyl groups is 1. The van der Waals surface area contributed by atoms with Crippen LogP contribution in [0.15, 0.2) is 17.4 Å². The highest BCUT2D eigenvalue weighted by Crippen LogP contribution is 2.18. The van der Waals surface area contributed by atoms with Crippen LogP contribution in [0.3, 0.4) is 0 Å². The second kappa shape index (κ2) is 8.78. The third-order valence-corrected chi connectivity index (χ3v) is 4.03. The lowest BCUT2D eigenvalue weighted by Gasteiger charge is -2.27. The summed E-state index contributed by atoms with van der Waals surface area (Å²) in [6, 6.07) is 0.430. The first kappa shape index (κ1) is 16.8. The predicted molar refractivity (Wildman–Crippen MR) is 88.9 cm³/mol. The Morgan fingerprint density at radius 3 is 2.82 bits per heavy atom. The van der Waals surface area contributed by atoms with Gasteiger partial charge in [0.25, 0.3) is 0 Å². The van der Waals surface area contributed by atoms with Crippen LogP contribution >= 0.6 is 0 Å². The van der Waals surface area contributed by atoms with Crippen molar-refractivity contribution in [2.75, 3.05) is 13.1 Å². The predicted octanol–water partition coefficient (Wildman–Crippen LogP) is 1.21. The minimum absolute atomic E-state index is 0.114. The Hall–Kier alpha value is -1.56. The summed E-state index contributed by atoms with van der Waals surface area (Å²) in [5.74, 6) is 0.898. The molecule has 1 aromatic rings. The minimum Gasteiger partial charge on any atom is -0.393 e. The SMILES string of the molecule is CCNC(=NCCCc1cnn(C)c1)NC1CCC(O)CC1. The highest BCUT2D eigenvalue weighted by atomic mass is 16.3. The molecule has 3 N–H and O–H groups in total. The molecule has 0 radical (unpaired) electrons. The van der Waals surface area contributed by atoms with E-state index in [1.165, 1.54) is 5.56 Å². The van der Waals surface area contributed by atoms with E-state index < -0.39 is 0 Å². The Balaban J connectivity index is 1.74. The normalized spacial score (nSPS) is 22.6. The van der Waals surface area contributed by atoms with Gasteiger partial charge in [-0.05, 0) is 51.0 Å². The Morgan fingerprint density at radius 2 is 2.18 bits per heavy atom. The van der Waals surface area contributed by atoms with Gasteiger partial charge in [0.05, 0.1) is 12.3 Å². The van der Waals surface area contributed by atoms with Crippen molar-refractivity contribution in [2.45, 2.75) is 57.6 Å². The Bertz CT molecular complexity index is 463. The van der Waals surface area contributed by atoms with E-state index in [9.17, 15) is 5.11 Å². The molecular formula is C16H29N5O. The van der Waals surface area contributed by atoms with E-state index >= 15 is 0 Å². The van der Waals surface area contributed by atoms with Crippen LogP contribution in [0.4, 0.5) is 0 Å². The van der Waals surface area contributed by atoms with Crippen LogP contribution in [0, 0.1) is 0 Å². The zero-order valence-corrected chi connectivity index (χ0v) is 13.8. The third-order valence-electron chi connectivity index (χ3n) is 4.03. The lowest BCUT2D eigenvalue weighted by molar-refractivity contribution is 0.120. The summed E-state index contributed by atoms with van der Waals surface area (Å²) in [5, 5.41) is 20.5. The van der Waals surface area contributed by atoms with Gasteiger partial charge in [-0.15, -0.1) is 0 Å². The fourth-order valence-corrected chi connectivity index (χ4v) is 2.81. The highest BCUT2D eigenvalue weighted by molar-refractivity contribution is 5.80. The largest absolute Gasteiger partial charge is 0.393 e. The standard InChI is InChI=1S/C16H29N5O/c1-3-17-16(20-14-6-8-15(22)9-7-14)18-10-4-5-13-11-19-21(2)12-13/h11-12,14-15,22H,3-10H2,1-2H3,(H2,17,18,20). The van der Waals surface area contributed by atoms with Crippen molar-refractivity contribution < 1.29 is 5.11 Å². The maximum absolute atomic E-state index is 9.57. The third kappa shape index (κ3) is 5.67. The van der Waals surface area contributed by atoms with Crippen LogP contribution in [0.1, 0.15) is 44.6 Å². The first-order valence-corrected chi connectivity index (χ1v) is 8.37. The van der Waals surface area contributed by atoms with Crippen molar-refractivity contribution >= 4 is 5.96 Å². The van der Waals surface area contributed by atoms with Crippen molar-refractivity contribution in [1.82, 2.24) is 20.4 Å². The summed E-state index contributed by atoms with van der Waals surface area (Å²) < 4.78 is 1.84. The molecule has 6 nitrogen and oxygen atoms in total. The average molecular weight is 307 g/mol. The van der Waals surface area contributed by atoms with Gasteiger partial charge in [-0.3, -0.25) is 9.67 Å². The summed E-state index contributed by atoms with van der Waals surface area (Å²) in [5.41, 5.74) is 1.26.